The van der Waals surface area contributed by atoms with Gasteiger partial charge >= 0.3 is 0 Å². The predicted octanol–water partition coefficient (Wildman–Crippen LogP) is 7.00. The normalized spacial score (nSPS) is 10.8. The van der Waals surface area contributed by atoms with Crippen LogP contribution in [0.4, 0.5) is 5.69 Å². The molecular weight excluding hydrogens is 366 g/mol. The molecule has 0 atom stereocenters. The minimum atomic E-state index is 0.293. The van der Waals surface area contributed by atoms with Crippen LogP contribution in [0.5, 0.6) is 0 Å². The Kier molecular flexibility index (Phi) is 6.76. The first-order valence-corrected chi connectivity index (χ1v) is 10.9. The summed E-state index contributed by atoms with van der Waals surface area (Å²) in [7, 11) is 0. The van der Waals surface area contributed by atoms with E-state index in [1.54, 1.807) is 0 Å². The molecule has 0 amide bonds. The molecule has 0 bridgehead atoms. The molecule has 30 heavy (non-hydrogen) atoms. The first-order valence-electron chi connectivity index (χ1n) is 10.9. The molecule has 0 aliphatic carbocycles. The summed E-state index contributed by atoms with van der Waals surface area (Å²) in [6.45, 7) is 9.99. The van der Waals surface area contributed by atoms with E-state index in [4.69, 9.17) is 0 Å². The van der Waals surface area contributed by atoms with Gasteiger partial charge < -0.3 is 4.90 Å². The lowest BCUT2D eigenvalue weighted by molar-refractivity contribution is 0.640. The summed E-state index contributed by atoms with van der Waals surface area (Å²) in [5.74, 6) is 0.293. The first-order chi connectivity index (χ1) is 14.6. The second-order valence-corrected chi connectivity index (χ2v) is 7.58. The summed E-state index contributed by atoms with van der Waals surface area (Å²) in [4.78, 5) is 2.15. The van der Waals surface area contributed by atoms with Crippen LogP contribution in [0, 0.1) is 22.7 Å². The second-order valence-electron chi connectivity index (χ2n) is 7.58. The maximum atomic E-state index is 10.2. The Labute approximate surface area is 180 Å². The van der Waals surface area contributed by atoms with Gasteiger partial charge in [0, 0.05) is 18.7 Å². The lowest BCUT2D eigenvalue weighted by Gasteiger charge is -2.28. The lowest BCUT2D eigenvalue weighted by Crippen LogP contribution is -2.25. The Morgan fingerprint density at radius 2 is 1.43 bits per heavy atom. The van der Waals surface area contributed by atoms with E-state index in [9.17, 15) is 10.5 Å². The van der Waals surface area contributed by atoms with Crippen LogP contribution in [-0.2, 0) is 0 Å². The molecule has 3 aromatic carbocycles. The van der Waals surface area contributed by atoms with Crippen LogP contribution in [0.25, 0.3) is 21.9 Å². The van der Waals surface area contributed by atoms with Crippen molar-refractivity contribution in [2.75, 3.05) is 18.0 Å². The molecule has 0 N–H and O–H groups in total. The molecule has 0 heterocycles. The molecule has 0 fully saturated rings. The van der Waals surface area contributed by atoms with Gasteiger partial charge in [-0.3, -0.25) is 0 Å². The minimum absolute atomic E-state index is 0.293. The van der Waals surface area contributed by atoms with Crippen molar-refractivity contribution in [3.05, 3.63) is 65.2 Å². The van der Waals surface area contributed by atoms with Crippen LogP contribution in [-0.4, -0.2) is 13.1 Å². The monoisotopic (exact) mass is 395 g/mol. The summed E-state index contributed by atoms with van der Waals surface area (Å²) >= 11 is 0. The Hall–Kier alpha value is -3.30. The highest BCUT2D eigenvalue weighted by atomic mass is 15.1. The van der Waals surface area contributed by atoms with E-state index in [1.807, 2.05) is 12.1 Å². The number of hydrogen-bond acceptors (Lipinski definition) is 3. The second kappa shape index (κ2) is 9.47. The molecule has 0 saturated carbocycles. The van der Waals surface area contributed by atoms with Crippen molar-refractivity contribution in [2.45, 2.75) is 46.5 Å². The SMILES string of the molecule is CCC(CC)c1cc(-c2ccc3ccccc3c2)c(C#N)c(N(CC)CC)c1C#N. The third-order valence-corrected chi connectivity index (χ3v) is 6.12. The molecular formula is C27H29N3. The standard InChI is InChI=1S/C27H29N3/c1-5-19(6-2)23-16-24(22-14-13-20-11-9-10-12-21(20)15-22)26(18-29)27(25(23)17-28)30(7-3)8-4/h9-16,19H,5-8H2,1-4H3. The molecule has 3 aromatic rings. The zero-order valence-electron chi connectivity index (χ0n) is 18.4. The summed E-state index contributed by atoms with van der Waals surface area (Å²) < 4.78 is 0. The Morgan fingerprint density at radius 3 is 2.00 bits per heavy atom. The highest BCUT2D eigenvalue weighted by Crippen LogP contribution is 2.41. The van der Waals surface area contributed by atoms with Crippen LogP contribution in [0.2, 0.25) is 0 Å². The third-order valence-electron chi connectivity index (χ3n) is 6.12. The fraction of sp³-hybridized carbons (Fsp3) is 0.333. The van der Waals surface area contributed by atoms with Crippen molar-refractivity contribution in [1.82, 2.24) is 0 Å². The van der Waals surface area contributed by atoms with Crippen LogP contribution >= 0.6 is 0 Å². The molecule has 0 unspecified atom stereocenters. The predicted molar refractivity (Wildman–Crippen MR) is 126 cm³/mol. The van der Waals surface area contributed by atoms with Gasteiger partial charge in [-0.25, -0.2) is 0 Å². The summed E-state index contributed by atoms with van der Waals surface area (Å²) in [6.07, 6.45) is 1.93. The molecule has 0 saturated heterocycles. The van der Waals surface area contributed by atoms with Crippen LogP contribution < -0.4 is 4.90 Å². The molecule has 3 rings (SSSR count). The fourth-order valence-electron chi connectivity index (χ4n) is 4.41. The van der Waals surface area contributed by atoms with E-state index in [2.05, 4.69) is 81.1 Å². The van der Waals surface area contributed by atoms with Crippen molar-refractivity contribution < 1.29 is 0 Å². The van der Waals surface area contributed by atoms with E-state index in [0.717, 1.165) is 53.7 Å². The van der Waals surface area contributed by atoms with E-state index < -0.39 is 0 Å². The van der Waals surface area contributed by atoms with Crippen LogP contribution in [0.15, 0.2) is 48.5 Å². The van der Waals surface area contributed by atoms with Gasteiger partial charge in [-0.2, -0.15) is 10.5 Å². The van der Waals surface area contributed by atoms with Crippen molar-refractivity contribution in [3.8, 4) is 23.3 Å². The van der Waals surface area contributed by atoms with Gasteiger partial charge in [0.1, 0.15) is 12.1 Å². The Bertz CT molecular complexity index is 1120. The number of rotatable bonds is 7. The van der Waals surface area contributed by atoms with E-state index in [-0.39, 0.29) is 0 Å². The fourth-order valence-corrected chi connectivity index (χ4v) is 4.41. The van der Waals surface area contributed by atoms with Gasteiger partial charge in [0.25, 0.3) is 0 Å². The van der Waals surface area contributed by atoms with Gasteiger partial charge in [-0.05, 0) is 66.6 Å². The third kappa shape index (κ3) is 3.77. The summed E-state index contributed by atoms with van der Waals surface area (Å²) in [5.41, 5.74) is 5.05. The zero-order chi connectivity index (χ0) is 21.7. The van der Waals surface area contributed by atoms with Crippen molar-refractivity contribution in [2.24, 2.45) is 0 Å². The highest BCUT2D eigenvalue weighted by Gasteiger charge is 2.25. The van der Waals surface area contributed by atoms with Crippen molar-refractivity contribution in [3.63, 3.8) is 0 Å². The summed E-state index contributed by atoms with van der Waals surface area (Å²) in [6, 6.07) is 21.6. The van der Waals surface area contributed by atoms with Crippen LogP contribution in [0.1, 0.15) is 63.1 Å². The van der Waals surface area contributed by atoms with Crippen LogP contribution in [0.3, 0.4) is 0 Å². The maximum Gasteiger partial charge on any atom is 0.102 e. The number of benzene rings is 3. The Balaban J connectivity index is 2.41. The quantitative estimate of drug-likeness (QED) is 0.433. The first kappa shape index (κ1) is 21.4. The molecule has 3 nitrogen and oxygen atoms in total. The van der Waals surface area contributed by atoms with E-state index in [0.29, 0.717) is 17.0 Å². The number of fused-ring (bicyclic) bond motifs is 1. The number of anilines is 1. The van der Waals surface area contributed by atoms with Gasteiger partial charge in [0.2, 0.25) is 0 Å². The maximum absolute atomic E-state index is 10.2. The molecule has 3 heteroatoms. The minimum Gasteiger partial charge on any atom is -0.370 e. The number of hydrogen-bond donors (Lipinski definition) is 0. The van der Waals surface area contributed by atoms with Gasteiger partial charge in [0.05, 0.1) is 16.8 Å². The molecule has 0 aliphatic rings. The number of nitriles is 2. The van der Waals surface area contributed by atoms with Gasteiger partial charge in [-0.15, -0.1) is 0 Å². The van der Waals surface area contributed by atoms with E-state index >= 15 is 0 Å². The molecule has 152 valence electrons. The molecule has 0 radical (unpaired) electrons. The van der Waals surface area contributed by atoms with Crippen molar-refractivity contribution in [1.29, 1.82) is 10.5 Å². The smallest absolute Gasteiger partial charge is 0.102 e. The number of nitrogens with zero attached hydrogens (tertiary/aromatic N) is 3. The molecule has 0 aromatic heterocycles. The Morgan fingerprint density at radius 1 is 0.800 bits per heavy atom. The van der Waals surface area contributed by atoms with Gasteiger partial charge in [-0.1, -0.05) is 50.2 Å². The summed E-state index contributed by atoms with van der Waals surface area (Å²) in [5, 5.41) is 22.6. The van der Waals surface area contributed by atoms with Gasteiger partial charge in [0.15, 0.2) is 0 Å². The average molecular weight is 396 g/mol. The zero-order valence-corrected chi connectivity index (χ0v) is 18.4. The highest BCUT2D eigenvalue weighted by molar-refractivity contribution is 5.91. The van der Waals surface area contributed by atoms with E-state index in [1.165, 1.54) is 5.39 Å². The molecule has 0 spiro atoms. The topological polar surface area (TPSA) is 50.8 Å². The lowest BCUT2D eigenvalue weighted by atomic mass is 9.84. The largest absolute Gasteiger partial charge is 0.370 e. The molecule has 0 aliphatic heterocycles. The average Bonchev–Trinajstić information content (AvgIpc) is 2.80. The van der Waals surface area contributed by atoms with Crippen molar-refractivity contribution >= 4 is 16.5 Å².